The number of anilines is 1. The molecule has 2 heterocycles. The number of hydrogen-bond acceptors (Lipinski definition) is 5. The maximum absolute atomic E-state index is 11.9. The fourth-order valence-electron chi connectivity index (χ4n) is 1.47. The molecule has 0 fully saturated rings. The number of aryl methyl sites for hydroxylation is 1. The molecule has 1 amide bonds. The number of nitrogens with one attached hydrogen (secondary N) is 2. The molecule has 0 aliphatic rings. The van der Waals surface area contributed by atoms with Gasteiger partial charge in [-0.2, -0.15) is 0 Å². The summed E-state index contributed by atoms with van der Waals surface area (Å²) in [6.45, 7) is 2.39. The lowest BCUT2D eigenvalue weighted by Gasteiger charge is -2.05. The van der Waals surface area contributed by atoms with Crippen LogP contribution in [0.15, 0.2) is 23.7 Å². The third kappa shape index (κ3) is 3.04. The van der Waals surface area contributed by atoms with E-state index in [1.54, 1.807) is 36.7 Å². The van der Waals surface area contributed by atoms with Gasteiger partial charge in [0.15, 0.2) is 0 Å². The number of carbonyl (C=O) groups excluding carboxylic acids is 1. The summed E-state index contributed by atoms with van der Waals surface area (Å²) < 4.78 is 0. The van der Waals surface area contributed by atoms with Gasteiger partial charge in [0.25, 0.3) is 5.91 Å². The van der Waals surface area contributed by atoms with Gasteiger partial charge in [-0.15, -0.1) is 11.3 Å². The lowest BCUT2D eigenvalue weighted by atomic mass is 10.2. The minimum atomic E-state index is -0.125. The number of pyridine rings is 1. The summed E-state index contributed by atoms with van der Waals surface area (Å²) in [6.07, 6.45) is 1.60. The van der Waals surface area contributed by atoms with Gasteiger partial charge in [0.1, 0.15) is 5.82 Å². The molecule has 5 nitrogen and oxygen atoms in total. The van der Waals surface area contributed by atoms with E-state index in [-0.39, 0.29) is 5.91 Å². The van der Waals surface area contributed by atoms with Gasteiger partial charge in [-0.3, -0.25) is 4.79 Å². The van der Waals surface area contributed by atoms with Gasteiger partial charge in [-0.05, 0) is 19.1 Å². The molecule has 2 N–H and O–H groups in total. The number of nitrogens with zero attached hydrogens (tertiary/aromatic N) is 2. The van der Waals surface area contributed by atoms with Gasteiger partial charge in [0.05, 0.1) is 17.2 Å². The number of thiazole rings is 1. The first-order valence-corrected chi connectivity index (χ1v) is 6.40. The zero-order chi connectivity index (χ0) is 13.0. The Hall–Kier alpha value is -1.95. The van der Waals surface area contributed by atoms with Crippen molar-refractivity contribution in [1.82, 2.24) is 15.3 Å². The Labute approximate surface area is 109 Å². The molecule has 94 valence electrons. The van der Waals surface area contributed by atoms with Gasteiger partial charge in [-0.1, -0.05) is 0 Å². The molecule has 2 aromatic rings. The van der Waals surface area contributed by atoms with Crippen LogP contribution in [0.2, 0.25) is 0 Å². The van der Waals surface area contributed by atoms with Gasteiger partial charge < -0.3 is 10.6 Å². The van der Waals surface area contributed by atoms with Crippen LogP contribution >= 0.6 is 11.3 Å². The highest BCUT2D eigenvalue weighted by Crippen LogP contribution is 2.09. The molecule has 0 spiro atoms. The monoisotopic (exact) mass is 262 g/mol. The second-order valence-corrected chi connectivity index (χ2v) is 4.78. The van der Waals surface area contributed by atoms with E-state index in [1.807, 2.05) is 12.3 Å². The predicted octanol–water partition coefficient (Wildman–Crippen LogP) is 1.82. The van der Waals surface area contributed by atoms with Gasteiger partial charge in [0, 0.05) is 24.2 Å². The molecule has 0 unspecified atom stereocenters. The number of amides is 1. The van der Waals surface area contributed by atoms with Crippen molar-refractivity contribution in [2.45, 2.75) is 13.5 Å². The lowest BCUT2D eigenvalue weighted by Crippen LogP contribution is -2.23. The van der Waals surface area contributed by atoms with Crippen LogP contribution in [0, 0.1) is 6.92 Å². The van der Waals surface area contributed by atoms with Crippen molar-refractivity contribution in [2.24, 2.45) is 0 Å². The normalized spacial score (nSPS) is 10.1. The van der Waals surface area contributed by atoms with E-state index in [0.717, 1.165) is 10.7 Å². The number of aromatic nitrogens is 2. The second kappa shape index (κ2) is 5.59. The summed E-state index contributed by atoms with van der Waals surface area (Å²) in [6, 6.07) is 3.39. The fourth-order valence-corrected chi connectivity index (χ4v) is 2.08. The van der Waals surface area contributed by atoms with Crippen molar-refractivity contribution in [1.29, 1.82) is 0 Å². The first kappa shape index (κ1) is 12.5. The minimum absolute atomic E-state index is 0.125. The first-order valence-electron chi connectivity index (χ1n) is 5.52. The Kier molecular flexibility index (Phi) is 3.88. The largest absolute Gasteiger partial charge is 0.373 e. The Morgan fingerprint density at radius 2 is 2.33 bits per heavy atom. The maximum Gasteiger partial charge on any atom is 0.251 e. The van der Waals surface area contributed by atoms with E-state index in [0.29, 0.717) is 17.9 Å². The summed E-state index contributed by atoms with van der Waals surface area (Å²) in [5, 5.41) is 8.67. The summed E-state index contributed by atoms with van der Waals surface area (Å²) >= 11 is 1.58. The SMILES string of the molecule is CNc1cc(C(=O)NCc2csc(C)n2)ccn1. The molecular formula is C12H14N4OS. The van der Waals surface area contributed by atoms with Crippen LogP contribution < -0.4 is 10.6 Å². The molecular weight excluding hydrogens is 248 g/mol. The van der Waals surface area contributed by atoms with E-state index < -0.39 is 0 Å². The molecule has 2 aromatic heterocycles. The van der Waals surface area contributed by atoms with Gasteiger partial charge in [0.2, 0.25) is 0 Å². The van der Waals surface area contributed by atoms with Crippen LogP contribution in [-0.2, 0) is 6.54 Å². The summed E-state index contributed by atoms with van der Waals surface area (Å²) in [4.78, 5) is 20.3. The topological polar surface area (TPSA) is 66.9 Å². The molecule has 0 saturated carbocycles. The third-order valence-corrected chi connectivity index (χ3v) is 3.20. The van der Waals surface area contributed by atoms with Crippen LogP contribution in [0.25, 0.3) is 0 Å². The highest BCUT2D eigenvalue weighted by atomic mass is 32.1. The quantitative estimate of drug-likeness (QED) is 0.882. The van der Waals surface area contributed by atoms with Crippen molar-refractivity contribution >= 4 is 23.1 Å². The molecule has 18 heavy (non-hydrogen) atoms. The molecule has 0 bridgehead atoms. The molecule has 0 radical (unpaired) electrons. The molecule has 0 aliphatic heterocycles. The highest BCUT2D eigenvalue weighted by molar-refractivity contribution is 7.09. The Balaban J connectivity index is 1.99. The fraction of sp³-hybridized carbons (Fsp3) is 0.250. The summed E-state index contributed by atoms with van der Waals surface area (Å²) in [5.74, 6) is 0.548. The van der Waals surface area contributed by atoms with Crippen molar-refractivity contribution in [2.75, 3.05) is 12.4 Å². The number of rotatable bonds is 4. The number of hydrogen-bond donors (Lipinski definition) is 2. The van der Waals surface area contributed by atoms with Gasteiger partial charge in [-0.25, -0.2) is 9.97 Å². The van der Waals surface area contributed by atoms with Crippen LogP contribution in [0.4, 0.5) is 5.82 Å². The second-order valence-electron chi connectivity index (χ2n) is 3.72. The lowest BCUT2D eigenvalue weighted by molar-refractivity contribution is 0.0950. The van der Waals surface area contributed by atoms with E-state index in [1.165, 1.54) is 0 Å². The summed E-state index contributed by atoms with van der Waals surface area (Å²) in [5.41, 5.74) is 1.47. The van der Waals surface area contributed by atoms with Crippen molar-refractivity contribution in [3.05, 3.63) is 40.0 Å². The summed E-state index contributed by atoms with van der Waals surface area (Å²) in [7, 11) is 1.77. The number of carbonyl (C=O) groups is 1. The van der Waals surface area contributed by atoms with E-state index >= 15 is 0 Å². The van der Waals surface area contributed by atoms with Crippen LogP contribution in [0.5, 0.6) is 0 Å². The van der Waals surface area contributed by atoms with Crippen LogP contribution in [0.1, 0.15) is 21.1 Å². The first-order chi connectivity index (χ1) is 8.69. The van der Waals surface area contributed by atoms with E-state index in [9.17, 15) is 4.79 Å². The molecule has 6 heteroatoms. The maximum atomic E-state index is 11.9. The molecule has 2 rings (SSSR count). The Morgan fingerprint density at radius 1 is 1.50 bits per heavy atom. The predicted molar refractivity (Wildman–Crippen MR) is 71.8 cm³/mol. The van der Waals surface area contributed by atoms with Gasteiger partial charge >= 0.3 is 0 Å². The molecule has 0 saturated heterocycles. The van der Waals surface area contributed by atoms with Crippen molar-refractivity contribution in [3.8, 4) is 0 Å². The third-order valence-electron chi connectivity index (χ3n) is 2.37. The smallest absolute Gasteiger partial charge is 0.251 e. The average molecular weight is 262 g/mol. The van der Waals surface area contributed by atoms with Crippen molar-refractivity contribution < 1.29 is 4.79 Å². The minimum Gasteiger partial charge on any atom is -0.373 e. The standard InChI is InChI=1S/C12H14N4OS/c1-8-16-10(7-18-8)6-15-12(17)9-3-4-14-11(5-9)13-2/h3-5,7H,6H2,1-2H3,(H,13,14)(H,15,17). The Bertz CT molecular complexity index is 553. The van der Waals surface area contributed by atoms with E-state index in [2.05, 4.69) is 20.6 Å². The zero-order valence-corrected chi connectivity index (χ0v) is 11.0. The van der Waals surface area contributed by atoms with Crippen LogP contribution in [-0.4, -0.2) is 22.9 Å². The molecule has 0 aliphatic carbocycles. The zero-order valence-electron chi connectivity index (χ0n) is 10.2. The Morgan fingerprint density at radius 3 is 3.00 bits per heavy atom. The van der Waals surface area contributed by atoms with Crippen molar-refractivity contribution in [3.63, 3.8) is 0 Å². The average Bonchev–Trinajstić information content (AvgIpc) is 2.82. The van der Waals surface area contributed by atoms with E-state index in [4.69, 9.17) is 0 Å². The molecule has 0 aromatic carbocycles. The highest BCUT2D eigenvalue weighted by Gasteiger charge is 2.07. The van der Waals surface area contributed by atoms with Crippen LogP contribution in [0.3, 0.4) is 0 Å². The molecule has 0 atom stereocenters.